The van der Waals surface area contributed by atoms with Gasteiger partial charge in [-0.3, -0.25) is 18.7 Å². The zero-order valence-corrected chi connectivity index (χ0v) is 15.0. The average molecular weight is 356 g/mol. The zero-order valence-electron chi connectivity index (χ0n) is 14.2. The van der Waals surface area contributed by atoms with Gasteiger partial charge < -0.3 is 5.32 Å². The number of carbonyl (C=O) groups is 1. The smallest absolute Gasteiger partial charge is 0.271 e. The molecule has 3 rings (SSSR count). The van der Waals surface area contributed by atoms with Crippen molar-refractivity contribution in [2.24, 2.45) is 0 Å². The summed E-state index contributed by atoms with van der Waals surface area (Å²) < 4.78 is 2.98. The Kier molecular flexibility index (Phi) is 3.93. The largest absolute Gasteiger partial charge is 0.304 e. The van der Waals surface area contributed by atoms with E-state index in [1.54, 1.807) is 23.2 Å². The number of nitriles is 1. The minimum atomic E-state index is -0.645. The number of aromatic nitrogens is 4. The van der Waals surface area contributed by atoms with Crippen LogP contribution >= 0.6 is 11.3 Å². The maximum absolute atomic E-state index is 12.5. The first-order chi connectivity index (χ1) is 11.7. The third-order valence-corrected chi connectivity index (χ3v) is 4.57. The van der Waals surface area contributed by atoms with Gasteiger partial charge in [0.05, 0.1) is 5.54 Å². The number of nitrogens with zero attached hydrogens (tertiary/aromatic N) is 5. The van der Waals surface area contributed by atoms with Gasteiger partial charge in [-0.25, -0.2) is 4.98 Å². The molecule has 128 valence electrons. The molecule has 0 spiro atoms. The van der Waals surface area contributed by atoms with Gasteiger partial charge in [-0.15, -0.1) is 11.3 Å². The van der Waals surface area contributed by atoms with Crippen molar-refractivity contribution in [2.45, 2.75) is 33.2 Å². The van der Waals surface area contributed by atoms with Crippen LogP contribution in [-0.2, 0) is 5.54 Å². The van der Waals surface area contributed by atoms with E-state index in [0.717, 1.165) is 0 Å². The highest BCUT2D eigenvalue weighted by Crippen LogP contribution is 2.19. The molecule has 0 fully saturated rings. The van der Waals surface area contributed by atoms with Gasteiger partial charge in [0.2, 0.25) is 0 Å². The highest BCUT2D eigenvalue weighted by Gasteiger charge is 2.21. The molecule has 0 unspecified atom stereocenters. The van der Waals surface area contributed by atoms with Crippen LogP contribution in [0, 0.1) is 18.3 Å². The fourth-order valence-electron chi connectivity index (χ4n) is 2.25. The number of nitrogens with one attached hydrogen (secondary N) is 1. The second-order valence-corrected chi connectivity index (χ2v) is 7.38. The van der Waals surface area contributed by atoms with Crippen molar-refractivity contribution in [3.05, 3.63) is 44.9 Å². The highest BCUT2D eigenvalue weighted by atomic mass is 32.1. The molecule has 0 aliphatic rings. The normalized spacial score (nSPS) is 11.5. The second-order valence-electron chi connectivity index (χ2n) is 6.54. The molecule has 3 heterocycles. The van der Waals surface area contributed by atoms with E-state index in [0.29, 0.717) is 10.7 Å². The third-order valence-electron chi connectivity index (χ3n) is 3.62. The Labute approximate surface area is 147 Å². The molecule has 0 aliphatic carbocycles. The van der Waals surface area contributed by atoms with Crippen molar-refractivity contribution in [1.82, 2.24) is 19.2 Å². The number of fused-ring (bicyclic) bond motifs is 1. The number of aryl methyl sites for hydroxylation is 1. The minimum absolute atomic E-state index is 0.104. The predicted octanol–water partition coefficient (Wildman–Crippen LogP) is 2.14. The van der Waals surface area contributed by atoms with Gasteiger partial charge in [-0.2, -0.15) is 10.4 Å². The molecule has 0 bridgehead atoms. The summed E-state index contributed by atoms with van der Waals surface area (Å²) in [5.41, 5.74) is 0.0387. The lowest BCUT2D eigenvalue weighted by molar-refractivity contribution is 0.102. The number of hydrogen-bond acceptors (Lipinski definition) is 6. The zero-order chi connectivity index (χ0) is 18.4. The van der Waals surface area contributed by atoms with Gasteiger partial charge in [0.25, 0.3) is 11.5 Å². The van der Waals surface area contributed by atoms with E-state index in [4.69, 9.17) is 0 Å². The monoisotopic (exact) mass is 356 g/mol. The molecule has 0 saturated heterocycles. The molecule has 1 N–H and O–H groups in total. The topological polar surface area (TPSA) is 105 Å². The lowest BCUT2D eigenvalue weighted by atomic mass is 10.1. The summed E-state index contributed by atoms with van der Waals surface area (Å²) in [6.45, 7) is 7.55. The van der Waals surface area contributed by atoms with Crippen LogP contribution in [0.2, 0.25) is 0 Å². The molecule has 8 nitrogen and oxygen atoms in total. The maximum Gasteiger partial charge on any atom is 0.271 e. The number of rotatable bonds is 2. The molecule has 3 aromatic heterocycles. The Morgan fingerprint density at radius 3 is 2.76 bits per heavy atom. The maximum atomic E-state index is 12.5. The van der Waals surface area contributed by atoms with Gasteiger partial charge in [0.15, 0.2) is 10.8 Å². The van der Waals surface area contributed by atoms with Gasteiger partial charge >= 0.3 is 0 Å². The molecule has 1 amide bonds. The first-order valence-electron chi connectivity index (χ1n) is 7.50. The summed E-state index contributed by atoms with van der Waals surface area (Å²) in [5, 5.41) is 17.8. The van der Waals surface area contributed by atoms with Crippen molar-refractivity contribution in [2.75, 3.05) is 5.32 Å². The molecule has 0 aromatic carbocycles. The molecule has 0 radical (unpaired) electrons. The summed E-state index contributed by atoms with van der Waals surface area (Å²) >= 11 is 1.33. The van der Waals surface area contributed by atoms with Crippen molar-refractivity contribution < 1.29 is 4.79 Å². The van der Waals surface area contributed by atoms with Gasteiger partial charge in [0.1, 0.15) is 17.2 Å². The van der Waals surface area contributed by atoms with Crippen LogP contribution in [0.4, 0.5) is 5.82 Å². The number of thiazole rings is 1. The van der Waals surface area contributed by atoms with Crippen LogP contribution in [0.15, 0.2) is 22.6 Å². The quantitative estimate of drug-likeness (QED) is 0.757. The number of amides is 1. The van der Waals surface area contributed by atoms with Crippen LogP contribution in [-0.4, -0.2) is 25.1 Å². The van der Waals surface area contributed by atoms with Crippen molar-refractivity contribution in [3.8, 4) is 6.07 Å². The van der Waals surface area contributed by atoms with Crippen molar-refractivity contribution in [1.29, 1.82) is 5.26 Å². The van der Waals surface area contributed by atoms with E-state index in [-0.39, 0.29) is 22.5 Å². The Hall–Kier alpha value is -2.99. The molecule has 25 heavy (non-hydrogen) atoms. The second kappa shape index (κ2) is 5.82. The van der Waals surface area contributed by atoms with Crippen LogP contribution in [0.3, 0.4) is 0 Å². The van der Waals surface area contributed by atoms with E-state index in [2.05, 4.69) is 15.4 Å². The Balaban J connectivity index is 2.00. The van der Waals surface area contributed by atoms with Crippen LogP contribution < -0.4 is 10.9 Å². The van der Waals surface area contributed by atoms with E-state index >= 15 is 0 Å². The standard InChI is InChI=1S/C16H16N6O2S/c1-9-8-25-15-18-6-11(14(24)22(9)15)13(23)19-12-10(5-17)7-21(20-12)16(2,3)4/h6-8H,1-4H3,(H,19,20,23). The number of hydrogen-bond donors (Lipinski definition) is 1. The highest BCUT2D eigenvalue weighted by molar-refractivity contribution is 7.15. The molecular weight excluding hydrogens is 340 g/mol. The van der Waals surface area contributed by atoms with E-state index in [9.17, 15) is 14.9 Å². The SMILES string of the molecule is Cc1csc2ncc(C(=O)Nc3nn(C(C)(C)C)cc3C#N)c(=O)n12. The number of anilines is 1. The van der Waals surface area contributed by atoms with Gasteiger partial charge in [-0.1, -0.05) is 0 Å². The molecule has 3 aromatic rings. The predicted molar refractivity (Wildman–Crippen MR) is 94.0 cm³/mol. The van der Waals surface area contributed by atoms with Gasteiger partial charge in [-0.05, 0) is 27.7 Å². The van der Waals surface area contributed by atoms with Crippen LogP contribution in [0.25, 0.3) is 4.96 Å². The fraction of sp³-hybridized carbons (Fsp3) is 0.312. The summed E-state index contributed by atoms with van der Waals surface area (Å²) in [6.07, 6.45) is 2.81. The van der Waals surface area contributed by atoms with Crippen LogP contribution in [0.1, 0.15) is 42.4 Å². The molecule has 0 aliphatic heterocycles. The lowest BCUT2D eigenvalue weighted by Crippen LogP contribution is -2.27. The molecule has 9 heteroatoms. The van der Waals surface area contributed by atoms with E-state index < -0.39 is 11.5 Å². The summed E-state index contributed by atoms with van der Waals surface area (Å²) in [6, 6.07) is 2.00. The minimum Gasteiger partial charge on any atom is -0.304 e. The summed E-state index contributed by atoms with van der Waals surface area (Å²) in [7, 11) is 0. The Morgan fingerprint density at radius 2 is 2.12 bits per heavy atom. The third kappa shape index (κ3) is 2.92. The van der Waals surface area contributed by atoms with E-state index in [1.165, 1.54) is 21.9 Å². The van der Waals surface area contributed by atoms with Crippen LogP contribution in [0.5, 0.6) is 0 Å². The van der Waals surface area contributed by atoms with E-state index in [1.807, 2.05) is 26.8 Å². The average Bonchev–Trinajstić information content (AvgIpc) is 3.11. The Morgan fingerprint density at radius 1 is 1.40 bits per heavy atom. The first kappa shape index (κ1) is 16.9. The fourth-order valence-corrected chi connectivity index (χ4v) is 3.07. The Bertz CT molecular complexity index is 1080. The van der Waals surface area contributed by atoms with Crippen molar-refractivity contribution >= 4 is 28.0 Å². The number of carbonyl (C=O) groups excluding carboxylic acids is 1. The summed E-state index contributed by atoms with van der Waals surface area (Å²) in [4.78, 5) is 29.7. The lowest BCUT2D eigenvalue weighted by Gasteiger charge is -2.18. The molecule has 0 saturated carbocycles. The molecule has 0 atom stereocenters. The summed E-state index contributed by atoms with van der Waals surface area (Å²) in [5.74, 6) is -0.526. The first-order valence-corrected chi connectivity index (χ1v) is 8.38. The van der Waals surface area contributed by atoms with Crippen molar-refractivity contribution in [3.63, 3.8) is 0 Å². The molecular formula is C16H16N6O2S. The van der Waals surface area contributed by atoms with Gasteiger partial charge in [0, 0.05) is 23.5 Å².